The third kappa shape index (κ3) is 2.81. The number of aliphatic hydroxyl groups is 1. The molecule has 0 saturated carbocycles. The fourth-order valence-corrected chi connectivity index (χ4v) is 5.94. The first-order chi connectivity index (χ1) is 16.7. The lowest BCUT2D eigenvalue weighted by atomic mass is 9.81. The summed E-state index contributed by atoms with van der Waals surface area (Å²) in [5.74, 6) is -1.32. The number of hydrogen-bond donors (Lipinski definition) is 2. The number of benzene rings is 1. The highest BCUT2D eigenvalue weighted by Gasteiger charge is 2.46. The lowest BCUT2D eigenvalue weighted by molar-refractivity contribution is -0.172. The van der Waals surface area contributed by atoms with E-state index in [1.54, 1.807) is 24.5 Å². The molecule has 0 radical (unpaired) electrons. The standard InChI is InChI=1S/C26H24FN3O5/c1-4-26(34)16-7-20-23-14(9-30(20)24(32)15(16)10-35-25(26)33)22-18(28-12(3)31)6-5-13-11(2)17(27)8-19(29-23)21(13)22/h7-8,18,34H,4-6,9-10H2,1-3H3,(H,28,31)/t18-,26+/m1/s1. The third-order valence-electron chi connectivity index (χ3n) is 7.76. The van der Waals surface area contributed by atoms with Gasteiger partial charge in [-0.15, -0.1) is 0 Å². The smallest absolute Gasteiger partial charge is 0.343 e. The number of aromatic nitrogens is 2. The fraction of sp³-hybridized carbons (Fsp3) is 0.385. The van der Waals surface area contributed by atoms with Gasteiger partial charge in [0.2, 0.25) is 5.91 Å². The first-order valence-electron chi connectivity index (χ1n) is 11.7. The highest BCUT2D eigenvalue weighted by Crippen LogP contribution is 2.45. The molecule has 3 aromatic rings. The number of rotatable bonds is 2. The number of nitrogens with zero attached hydrogens (tertiary/aromatic N) is 2. The zero-order valence-corrected chi connectivity index (χ0v) is 19.6. The predicted octanol–water partition coefficient (Wildman–Crippen LogP) is 2.65. The summed E-state index contributed by atoms with van der Waals surface area (Å²) in [4.78, 5) is 42.8. The Morgan fingerprint density at radius 2 is 2.09 bits per heavy atom. The van der Waals surface area contributed by atoms with E-state index in [1.807, 2.05) is 0 Å². The van der Waals surface area contributed by atoms with Gasteiger partial charge in [-0.25, -0.2) is 14.2 Å². The SMILES string of the molecule is CC[C@@]1(O)C(=O)OCc2c1cc1n(c2=O)Cc2c-1nc1cc(F)c(C)c3c1c2[C@H](NC(C)=O)CC3. The maximum atomic E-state index is 14.8. The number of cyclic esters (lactones) is 1. The van der Waals surface area contributed by atoms with E-state index in [2.05, 4.69) is 5.32 Å². The van der Waals surface area contributed by atoms with Crippen molar-refractivity contribution in [1.82, 2.24) is 14.9 Å². The first-order valence-corrected chi connectivity index (χ1v) is 11.7. The van der Waals surface area contributed by atoms with Crippen molar-refractivity contribution in [2.45, 2.75) is 64.8 Å². The lowest BCUT2D eigenvalue weighted by Crippen LogP contribution is -2.44. The molecule has 1 amide bonds. The van der Waals surface area contributed by atoms with E-state index in [0.717, 1.165) is 22.1 Å². The number of ether oxygens (including phenoxy) is 1. The molecule has 0 fully saturated rings. The van der Waals surface area contributed by atoms with Crippen molar-refractivity contribution in [2.75, 3.05) is 0 Å². The zero-order valence-electron chi connectivity index (χ0n) is 19.6. The minimum atomic E-state index is -1.93. The second-order valence-corrected chi connectivity index (χ2v) is 9.60. The Bertz CT molecular complexity index is 1560. The molecular formula is C26H24FN3O5. The summed E-state index contributed by atoms with van der Waals surface area (Å²) in [5, 5.41) is 14.9. The van der Waals surface area contributed by atoms with Crippen molar-refractivity contribution >= 4 is 22.8 Å². The average molecular weight is 477 g/mol. The monoisotopic (exact) mass is 477 g/mol. The number of carbonyl (C=O) groups is 2. The number of aryl methyl sites for hydroxylation is 1. The number of amides is 1. The van der Waals surface area contributed by atoms with Crippen molar-refractivity contribution in [3.05, 3.63) is 61.7 Å². The number of fused-ring (bicyclic) bond motifs is 5. The van der Waals surface area contributed by atoms with Crippen LogP contribution in [-0.4, -0.2) is 26.5 Å². The zero-order chi connectivity index (χ0) is 24.8. The average Bonchev–Trinajstić information content (AvgIpc) is 3.19. The molecule has 6 rings (SSSR count). The Balaban J connectivity index is 1.68. The van der Waals surface area contributed by atoms with Crippen LogP contribution in [0.5, 0.6) is 0 Å². The van der Waals surface area contributed by atoms with Crippen LogP contribution in [-0.2, 0) is 39.5 Å². The van der Waals surface area contributed by atoms with Crippen LogP contribution < -0.4 is 10.9 Å². The summed E-state index contributed by atoms with van der Waals surface area (Å²) in [6.45, 7) is 4.86. The van der Waals surface area contributed by atoms with E-state index in [0.29, 0.717) is 35.3 Å². The molecule has 2 aromatic heterocycles. The van der Waals surface area contributed by atoms with Gasteiger partial charge in [0.15, 0.2) is 5.60 Å². The van der Waals surface area contributed by atoms with Crippen molar-refractivity contribution in [3.8, 4) is 11.4 Å². The molecule has 0 unspecified atom stereocenters. The third-order valence-corrected chi connectivity index (χ3v) is 7.76. The van der Waals surface area contributed by atoms with Gasteiger partial charge in [-0.3, -0.25) is 9.59 Å². The largest absolute Gasteiger partial charge is 0.458 e. The van der Waals surface area contributed by atoms with Crippen LogP contribution in [0.3, 0.4) is 0 Å². The Morgan fingerprint density at radius 3 is 2.80 bits per heavy atom. The molecule has 2 aliphatic heterocycles. The molecule has 1 aromatic carbocycles. The maximum absolute atomic E-state index is 14.8. The molecule has 0 spiro atoms. The van der Waals surface area contributed by atoms with Crippen LogP contribution in [0.25, 0.3) is 22.3 Å². The van der Waals surface area contributed by atoms with E-state index in [1.165, 1.54) is 13.0 Å². The van der Waals surface area contributed by atoms with Gasteiger partial charge < -0.3 is 19.7 Å². The van der Waals surface area contributed by atoms with Gasteiger partial charge in [-0.1, -0.05) is 6.92 Å². The van der Waals surface area contributed by atoms with Crippen LogP contribution in [0.15, 0.2) is 16.9 Å². The van der Waals surface area contributed by atoms with Crippen LogP contribution in [0.1, 0.15) is 66.1 Å². The number of hydrogen-bond acceptors (Lipinski definition) is 6. The quantitative estimate of drug-likeness (QED) is 0.430. The van der Waals surface area contributed by atoms with E-state index >= 15 is 0 Å². The molecule has 1 aliphatic carbocycles. The van der Waals surface area contributed by atoms with E-state index in [9.17, 15) is 23.9 Å². The first kappa shape index (κ1) is 21.9. The number of carbonyl (C=O) groups excluding carboxylic acids is 2. The van der Waals surface area contributed by atoms with E-state index < -0.39 is 11.6 Å². The second kappa shape index (κ2) is 7.21. The van der Waals surface area contributed by atoms with E-state index in [4.69, 9.17) is 9.72 Å². The van der Waals surface area contributed by atoms with Gasteiger partial charge in [-0.2, -0.15) is 0 Å². The summed E-state index contributed by atoms with van der Waals surface area (Å²) in [6.07, 6.45) is 1.24. The molecule has 2 atom stereocenters. The summed E-state index contributed by atoms with van der Waals surface area (Å²) in [5.41, 5.74) is 2.66. The van der Waals surface area contributed by atoms with Gasteiger partial charge in [0, 0.05) is 29.5 Å². The molecule has 0 bridgehead atoms. The highest BCUT2D eigenvalue weighted by molar-refractivity contribution is 5.93. The molecular weight excluding hydrogens is 453 g/mol. The molecule has 180 valence electrons. The summed E-state index contributed by atoms with van der Waals surface area (Å²) >= 11 is 0. The predicted molar refractivity (Wildman–Crippen MR) is 124 cm³/mol. The normalized spacial score (nSPS) is 21.9. The summed E-state index contributed by atoms with van der Waals surface area (Å²) < 4.78 is 21.5. The Labute approximate surface area is 199 Å². The van der Waals surface area contributed by atoms with Gasteiger partial charge in [0.1, 0.15) is 12.4 Å². The Kier molecular flexibility index (Phi) is 4.51. The lowest BCUT2D eigenvalue weighted by Gasteiger charge is -2.31. The van der Waals surface area contributed by atoms with E-state index in [-0.39, 0.29) is 54.0 Å². The molecule has 0 saturated heterocycles. The molecule has 8 nitrogen and oxygen atoms in total. The number of nitrogens with one attached hydrogen (secondary N) is 1. The van der Waals surface area contributed by atoms with Gasteiger partial charge in [0.25, 0.3) is 5.56 Å². The Morgan fingerprint density at radius 1 is 1.31 bits per heavy atom. The molecule has 35 heavy (non-hydrogen) atoms. The minimum absolute atomic E-state index is 0.0451. The molecule has 3 aliphatic rings. The van der Waals surface area contributed by atoms with Gasteiger partial charge in [-0.05, 0) is 48.9 Å². The number of halogens is 1. The number of esters is 1. The van der Waals surface area contributed by atoms with Gasteiger partial charge >= 0.3 is 5.97 Å². The second-order valence-electron chi connectivity index (χ2n) is 9.60. The van der Waals surface area contributed by atoms with Crippen molar-refractivity contribution in [3.63, 3.8) is 0 Å². The minimum Gasteiger partial charge on any atom is -0.458 e. The summed E-state index contributed by atoms with van der Waals surface area (Å²) in [6, 6.07) is 2.73. The maximum Gasteiger partial charge on any atom is 0.343 e. The van der Waals surface area contributed by atoms with Crippen molar-refractivity contribution in [2.24, 2.45) is 0 Å². The molecule has 9 heteroatoms. The topological polar surface area (TPSA) is 111 Å². The highest BCUT2D eigenvalue weighted by atomic mass is 19.1. The van der Waals surface area contributed by atoms with Crippen molar-refractivity contribution < 1.29 is 23.8 Å². The molecule has 4 heterocycles. The van der Waals surface area contributed by atoms with Crippen LogP contribution in [0, 0.1) is 12.7 Å². The summed E-state index contributed by atoms with van der Waals surface area (Å²) in [7, 11) is 0. The fourth-order valence-electron chi connectivity index (χ4n) is 5.94. The number of pyridine rings is 2. The van der Waals surface area contributed by atoms with Crippen molar-refractivity contribution in [1.29, 1.82) is 0 Å². The van der Waals surface area contributed by atoms with Crippen LogP contribution in [0.2, 0.25) is 0 Å². The Hall–Kier alpha value is -3.59. The van der Waals surface area contributed by atoms with Crippen LogP contribution in [0.4, 0.5) is 4.39 Å². The molecule has 2 N–H and O–H groups in total. The van der Waals surface area contributed by atoms with Crippen LogP contribution >= 0.6 is 0 Å². The van der Waals surface area contributed by atoms with Gasteiger partial charge in [0.05, 0.1) is 35.1 Å².